The van der Waals surface area contributed by atoms with Crippen LogP contribution in [-0.4, -0.2) is 9.70 Å². The number of hydrogen-bond acceptors (Lipinski definition) is 1. The Balaban J connectivity index is 2.72. The number of hydrogen-bond donors (Lipinski definition) is 1. The van der Waals surface area contributed by atoms with Crippen LogP contribution in [0.15, 0.2) is 24.3 Å². The van der Waals surface area contributed by atoms with Gasteiger partial charge in [-0.2, -0.15) is 0 Å². The predicted molar refractivity (Wildman–Crippen MR) is 74.1 cm³/mol. The second-order valence-electron chi connectivity index (χ2n) is 3.88. The lowest BCUT2D eigenvalue weighted by molar-refractivity contribution is -0.115. The molecule has 0 fully saturated rings. The number of amides is 1. The first-order valence-corrected chi connectivity index (χ1v) is 6.46. The Labute approximate surface area is 116 Å². The second kappa shape index (κ2) is 5.94. The molecule has 1 atom stereocenters. The summed E-state index contributed by atoms with van der Waals surface area (Å²) in [6, 6.07) is 7.52. The maximum absolute atomic E-state index is 11.4. The van der Waals surface area contributed by atoms with Crippen molar-refractivity contribution >= 4 is 46.4 Å². The normalized spacial score (nSPS) is 13.2. The van der Waals surface area contributed by atoms with Gasteiger partial charge in [0.1, 0.15) is 0 Å². The minimum absolute atomic E-state index is 0.493. The minimum Gasteiger partial charge on any atom is -0.322 e. The van der Waals surface area contributed by atoms with Gasteiger partial charge in [-0.25, -0.2) is 0 Å². The van der Waals surface area contributed by atoms with Gasteiger partial charge in [-0.05, 0) is 30.0 Å². The molecule has 17 heavy (non-hydrogen) atoms. The molecule has 1 amide bonds. The van der Waals surface area contributed by atoms with E-state index in [2.05, 4.69) is 19.2 Å². The summed E-state index contributed by atoms with van der Waals surface area (Å²) in [4.78, 5) is 11.4. The zero-order valence-corrected chi connectivity index (χ0v) is 11.9. The molecule has 1 aromatic carbocycles. The maximum atomic E-state index is 11.4. The highest BCUT2D eigenvalue weighted by Crippen LogP contribution is 2.28. The number of carbonyl (C=O) groups excluding carboxylic acids is 1. The first kappa shape index (κ1) is 14.6. The van der Waals surface area contributed by atoms with E-state index in [1.54, 1.807) is 12.1 Å². The molecule has 0 saturated carbocycles. The number of benzene rings is 1. The molecule has 5 heteroatoms. The zero-order chi connectivity index (χ0) is 13.1. The Bertz CT molecular complexity index is 384. The van der Waals surface area contributed by atoms with Crippen LogP contribution < -0.4 is 5.32 Å². The van der Waals surface area contributed by atoms with Gasteiger partial charge in [0.25, 0.3) is 9.70 Å². The van der Waals surface area contributed by atoms with Gasteiger partial charge >= 0.3 is 0 Å². The lowest BCUT2D eigenvalue weighted by Crippen LogP contribution is -2.26. The number of halogens is 3. The maximum Gasteiger partial charge on any atom is 0.276 e. The van der Waals surface area contributed by atoms with Crippen LogP contribution in [0.25, 0.3) is 0 Å². The molecule has 0 spiro atoms. The monoisotopic (exact) mass is 293 g/mol. The summed E-state index contributed by atoms with van der Waals surface area (Å²) in [6.07, 6.45) is 1.07. The summed E-state index contributed by atoms with van der Waals surface area (Å²) in [6.45, 7) is 4.28. The first-order chi connectivity index (χ1) is 7.84. The Kier molecular flexibility index (Phi) is 5.11. The van der Waals surface area contributed by atoms with Crippen molar-refractivity contribution in [1.29, 1.82) is 0 Å². The Hall–Kier alpha value is -0.440. The number of anilines is 1. The van der Waals surface area contributed by atoms with Gasteiger partial charge in [0.05, 0.1) is 0 Å². The molecule has 0 aliphatic heterocycles. The van der Waals surface area contributed by atoms with E-state index in [-0.39, 0.29) is 0 Å². The Morgan fingerprint density at radius 3 is 2.24 bits per heavy atom. The first-order valence-electron chi connectivity index (χ1n) is 5.32. The number of rotatable bonds is 3. The van der Waals surface area contributed by atoms with Crippen molar-refractivity contribution in [2.75, 3.05) is 5.32 Å². The van der Waals surface area contributed by atoms with Crippen molar-refractivity contribution in [1.82, 2.24) is 0 Å². The predicted octanol–water partition coefficient (Wildman–Crippen LogP) is 4.51. The third-order valence-electron chi connectivity index (χ3n) is 2.61. The van der Waals surface area contributed by atoms with Gasteiger partial charge in [-0.1, -0.05) is 60.8 Å². The third kappa shape index (κ3) is 4.38. The van der Waals surface area contributed by atoms with Crippen LogP contribution in [0.5, 0.6) is 0 Å². The van der Waals surface area contributed by atoms with Crippen LogP contribution in [0.1, 0.15) is 31.7 Å². The molecule has 0 bridgehead atoms. The minimum atomic E-state index is -1.94. The average Bonchev–Trinajstić information content (AvgIpc) is 2.27. The topological polar surface area (TPSA) is 29.1 Å². The van der Waals surface area contributed by atoms with Crippen molar-refractivity contribution in [2.24, 2.45) is 0 Å². The third-order valence-corrected chi connectivity index (χ3v) is 3.12. The van der Waals surface area contributed by atoms with Crippen molar-refractivity contribution in [3.63, 3.8) is 0 Å². The van der Waals surface area contributed by atoms with Crippen LogP contribution in [0.4, 0.5) is 5.69 Å². The fourth-order valence-electron chi connectivity index (χ4n) is 1.33. The molecule has 0 saturated heterocycles. The van der Waals surface area contributed by atoms with Gasteiger partial charge < -0.3 is 5.32 Å². The molecular formula is C12H14Cl3NO. The molecule has 94 valence electrons. The molecule has 0 unspecified atom stereocenters. The molecule has 0 heterocycles. The Morgan fingerprint density at radius 1 is 1.29 bits per heavy atom. The van der Waals surface area contributed by atoms with E-state index in [4.69, 9.17) is 34.8 Å². The zero-order valence-electron chi connectivity index (χ0n) is 9.64. The van der Waals surface area contributed by atoms with E-state index >= 15 is 0 Å². The molecule has 1 rings (SSSR count). The van der Waals surface area contributed by atoms with Crippen molar-refractivity contribution in [3.8, 4) is 0 Å². The van der Waals surface area contributed by atoms with Crippen LogP contribution in [0.3, 0.4) is 0 Å². The molecular weight excluding hydrogens is 280 g/mol. The van der Waals surface area contributed by atoms with E-state index in [0.717, 1.165) is 6.42 Å². The van der Waals surface area contributed by atoms with E-state index < -0.39 is 9.70 Å². The van der Waals surface area contributed by atoms with E-state index in [1.165, 1.54) is 5.56 Å². The van der Waals surface area contributed by atoms with Crippen LogP contribution in [-0.2, 0) is 4.79 Å². The average molecular weight is 295 g/mol. The number of nitrogens with one attached hydrogen (secondary N) is 1. The largest absolute Gasteiger partial charge is 0.322 e. The fraction of sp³-hybridized carbons (Fsp3) is 0.417. The standard InChI is InChI=1S/C12H14Cl3NO/c1-3-8(2)9-4-6-10(7-5-9)16-11(17)12(13,14)15/h4-8H,3H2,1-2H3,(H,16,17)/t8-/m1/s1. The highest BCUT2D eigenvalue weighted by atomic mass is 35.6. The molecule has 1 N–H and O–H groups in total. The van der Waals surface area contributed by atoms with Gasteiger partial charge in [-0.3, -0.25) is 4.79 Å². The lowest BCUT2D eigenvalue weighted by Gasteiger charge is -2.13. The number of alkyl halides is 3. The molecule has 0 radical (unpaired) electrons. The second-order valence-corrected chi connectivity index (χ2v) is 6.16. The molecule has 2 nitrogen and oxygen atoms in total. The van der Waals surface area contributed by atoms with E-state index in [0.29, 0.717) is 11.6 Å². The molecule has 0 aliphatic carbocycles. The van der Waals surface area contributed by atoms with Crippen molar-refractivity contribution < 1.29 is 4.79 Å². The summed E-state index contributed by atoms with van der Waals surface area (Å²) in [5.41, 5.74) is 1.84. The van der Waals surface area contributed by atoms with Gasteiger partial charge in [0, 0.05) is 5.69 Å². The van der Waals surface area contributed by atoms with Gasteiger partial charge in [-0.15, -0.1) is 0 Å². The van der Waals surface area contributed by atoms with E-state index in [9.17, 15) is 4.79 Å². The highest BCUT2D eigenvalue weighted by Gasteiger charge is 2.30. The number of carbonyl (C=O) groups is 1. The smallest absolute Gasteiger partial charge is 0.276 e. The summed E-state index contributed by atoms with van der Waals surface area (Å²) < 4.78 is -1.94. The lowest BCUT2D eigenvalue weighted by atomic mass is 9.99. The SMILES string of the molecule is CC[C@@H](C)c1ccc(NC(=O)C(Cl)(Cl)Cl)cc1. The summed E-state index contributed by atoms with van der Waals surface area (Å²) in [5.74, 6) is -0.160. The van der Waals surface area contributed by atoms with Gasteiger partial charge in [0.15, 0.2) is 0 Å². The summed E-state index contributed by atoms with van der Waals surface area (Å²) >= 11 is 16.4. The van der Waals surface area contributed by atoms with Crippen LogP contribution >= 0.6 is 34.8 Å². The Morgan fingerprint density at radius 2 is 1.82 bits per heavy atom. The van der Waals surface area contributed by atoms with Crippen LogP contribution in [0, 0.1) is 0 Å². The molecule has 0 aromatic heterocycles. The fourth-order valence-corrected chi connectivity index (χ4v) is 1.47. The van der Waals surface area contributed by atoms with Crippen molar-refractivity contribution in [3.05, 3.63) is 29.8 Å². The quantitative estimate of drug-likeness (QED) is 0.817. The molecule has 0 aliphatic rings. The summed E-state index contributed by atoms with van der Waals surface area (Å²) in [7, 11) is 0. The van der Waals surface area contributed by atoms with Gasteiger partial charge in [0.2, 0.25) is 0 Å². The summed E-state index contributed by atoms with van der Waals surface area (Å²) in [5, 5.41) is 2.53. The van der Waals surface area contributed by atoms with Crippen molar-refractivity contribution in [2.45, 2.75) is 30.0 Å². The van der Waals surface area contributed by atoms with E-state index in [1.807, 2.05) is 12.1 Å². The molecule has 1 aromatic rings. The highest BCUT2D eigenvalue weighted by molar-refractivity contribution is 6.76. The van der Waals surface area contributed by atoms with Crippen LogP contribution in [0.2, 0.25) is 0 Å².